The Bertz CT molecular complexity index is 938. The smallest absolute Gasteiger partial charge is 0.258 e. The van der Waals surface area contributed by atoms with Crippen LogP contribution in [0, 0.1) is 6.92 Å². The van der Waals surface area contributed by atoms with Crippen molar-refractivity contribution in [2.24, 2.45) is 5.73 Å². The maximum Gasteiger partial charge on any atom is 0.258 e. The number of primary amides is 1. The first-order valence-corrected chi connectivity index (χ1v) is 8.75. The molecule has 0 radical (unpaired) electrons. The van der Waals surface area contributed by atoms with Gasteiger partial charge in [-0.1, -0.05) is 29.5 Å². The number of carbonyl (C=O) groups is 2. The van der Waals surface area contributed by atoms with E-state index in [2.05, 4.69) is 10.3 Å². The summed E-state index contributed by atoms with van der Waals surface area (Å²) >= 11 is 1.44. The van der Waals surface area contributed by atoms with Crippen molar-refractivity contribution in [3.8, 4) is 0 Å². The SMILES string of the molecule is Cc1ccc(Sc2ncccc2C(=O)Nc2ccc(C(N)=O)cc2)cc1. The third-order valence-corrected chi connectivity index (χ3v) is 4.71. The number of nitrogens with two attached hydrogens (primary N) is 1. The number of nitrogens with one attached hydrogen (secondary N) is 1. The Hall–Kier alpha value is -3.12. The predicted octanol–water partition coefficient (Wildman–Crippen LogP) is 3.89. The van der Waals surface area contributed by atoms with Crippen LogP contribution in [0.3, 0.4) is 0 Å². The zero-order chi connectivity index (χ0) is 18.5. The zero-order valence-corrected chi connectivity index (χ0v) is 14.9. The van der Waals surface area contributed by atoms with Gasteiger partial charge in [0.05, 0.1) is 5.56 Å². The quantitative estimate of drug-likeness (QED) is 0.720. The van der Waals surface area contributed by atoms with Crippen LogP contribution in [0.25, 0.3) is 0 Å². The molecular weight excluding hydrogens is 346 g/mol. The van der Waals surface area contributed by atoms with Crippen LogP contribution in [-0.4, -0.2) is 16.8 Å². The molecule has 0 spiro atoms. The summed E-state index contributed by atoms with van der Waals surface area (Å²) in [4.78, 5) is 29.1. The van der Waals surface area contributed by atoms with E-state index in [0.717, 1.165) is 4.90 Å². The summed E-state index contributed by atoms with van der Waals surface area (Å²) in [6.07, 6.45) is 1.66. The average Bonchev–Trinajstić information content (AvgIpc) is 2.64. The minimum Gasteiger partial charge on any atom is -0.366 e. The average molecular weight is 363 g/mol. The molecule has 0 atom stereocenters. The number of hydrogen-bond donors (Lipinski definition) is 2. The first-order valence-electron chi connectivity index (χ1n) is 7.94. The minimum absolute atomic E-state index is 0.264. The van der Waals surface area contributed by atoms with E-state index >= 15 is 0 Å². The zero-order valence-electron chi connectivity index (χ0n) is 14.1. The number of amides is 2. The Morgan fingerprint density at radius 3 is 2.35 bits per heavy atom. The highest BCUT2D eigenvalue weighted by atomic mass is 32.2. The molecule has 130 valence electrons. The largest absolute Gasteiger partial charge is 0.366 e. The van der Waals surface area contributed by atoms with Crippen LogP contribution in [0.5, 0.6) is 0 Å². The van der Waals surface area contributed by atoms with Crippen LogP contribution >= 0.6 is 11.8 Å². The van der Waals surface area contributed by atoms with Gasteiger partial charge in [-0.15, -0.1) is 0 Å². The molecule has 3 rings (SSSR count). The van der Waals surface area contributed by atoms with Crippen molar-refractivity contribution in [2.75, 3.05) is 5.32 Å². The van der Waals surface area contributed by atoms with E-state index in [1.54, 1.807) is 42.6 Å². The standard InChI is InChI=1S/C20H17N3O2S/c1-13-4-10-16(11-5-13)26-20-17(3-2-12-22-20)19(25)23-15-8-6-14(7-9-15)18(21)24/h2-12H,1H3,(H2,21,24)(H,23,25). The molecule has 0 saturated heterocycles. The van der Waals surface area contributed by atoms with Crippen LogP contribution in [0.4, 0.5) is 5.69 Å². The molecule has 0 fully saturated rings. The molecular formula is C20H17N3O2S. The van der Waals surface area contributed by atoms with Crippen molar-refractivity contribution in [1.82, 2.24) is 4.98 Å². The van der Waals surface area contributed by atoms with Crippen molar-refractivity contribution in [1.29, 1.82) is 0 Å². The van der Waals surface area contributed by atoms with E-state index in [1.165, 1.54) is 17.3 Å². The van der Waals surface area contributed by atoms with Crippen LogP contribution in [0.1, 0.15) is 26.3 Å². The summed E-state index contributed by atoms with van der Waals surface area (Å²) in [5.74, 6) is -0.772. The maximum absolute atomic E-state index is 12.6. The summed E-state index contributed by atoms with van der Waals surface area (Å²) in [6, 6.07) is 17.9. The number of anilines is 1. The predicted molar refractivity (Wildman–Crippen MR) is 102 cm³/mol. The Balaban J connectivity index is 1.79. The molecule has 0 saturated carbocycles. The number of carbonyl (C=O) groups excluding carboxylic acids is 2. The molecule has 0 bridgehead atoms. The molecule has 26 heavy (non-hydrogen) atoms. The Morgan fingerprint density at radius 2 is 1.69 bits per heavy atom. The van der Waals surface area contributed by atoms with Crippen molar-refractivity contribution in [3.05, 3.63) is 83.6 Å². The van der Waals surface area contributed by atoms with E-state index < -0.39 is 5.91 Å². The highest BCUT2D eigenvalue weighted by molar-refractivity contribution is 7.99. The molecule has 3 aromatic rings. The van der Waals surface area contributed by atoms with Crippen molar-refractivity contribution < 1.29 is 9.59 Å². The lowest BCUT2D eigenvalue weighted by molar-refractivity contribution is 0.0998. The number of aryl methyl sites for hydroxylation is 1. The van der Waals surface area contributed by atoms with Crippen LogP contribution < -0.4 is 11.1 Å². The molecule has 0 aliphatic rings. The molecule has 2 amide bonds. The monoisotopic (exact) mass is 363 g/mol. The highest BCUT2D eigenvalue weighted by Crippen LogP contribution is 2.29. The van der Waals surface area contributed by atoms with Crippen LogP contribution in [0.15, 0.2) is 76.8 Å². The van der Waals surface area contributed by atoms with Gasteiger partial charge in [0.2, 0.25) is 5.91 Å². The van der Waals surface area contributed by atoms with Gasteiger partial charge in [0.15, 0.2) is 0 Å². The third kappa shape index (κ3) is 4.29. The van der Waals surface area contributed by atoms with Crippen LogP contribution in [0.2, 0.25) is 0 Å². The number of rotatable bonds is 5. The van der Waals surface area contributed by atoms with E-state index in [1.807, 2.05) is 31.2 Å². The number of hydrogen-bond acceptors (Lipinski definition) is 4. The molecule has 1 heterocycles. The number of nitrogens with zero attached hydrogens (tertiary/aromatic N) is 1. The van der Waals surface area contributed by atoms with Gasteiger partial charge in [0, 0.05) is 22.3 Å². The second-order valence-electron chi connectivity index (χ2n) is 5.67. The summed E-state index contributed by atoms with van der Waals surface area (Å²) < 4.78 is 0. The third-order valence-electron chi connectivity index (χ3n) is 3.68. The molecule has 6 heteroatoms. The lowest BCUT2D eigenvalue weighted by Crippen LogP contribution is -2.14. The molecule has 2 aromatic carbocycles. The Morgan fingerprint density at radius 1 is 1.00 bits per heavy atom. The fourth-order valence-electron chi connectivity index (χ4n) is 2.28. The second kappa shape index (κ2) is 7.84. The fraction of sp³-hybridized carbons (Fsp3) is 0.0500. The molecule has 5 nitrogen and oxygen atoms in total. The van der Waals surface area contributed by atoms with Gasteiger partial charge in [-0.25, -0.2) is 4.98 Å². The normalized spacial score (nSPS) is 10.3. The number of benzene rings is 2. The van der Waals surface area contributed by atoms with Crippen LogP contribution in [-0.2, 0) is 0 Å². The van der Waals surface area contributed by atoms with Gasteiger partial charge < -0.3 is 11.1 Å². The van der Waals surface area contributed by atoms with E-state index in [9.17, 15) is 9.59 Å². The molecule has 0 unspecified atom stereocenters. The first kappa shape index (κ1) is 17.7. The molecule has 0 aliphatic carbocycles. The van der Waals surface area contributed by atoms with Gasteiger partial charge in [0.1, 0.15) is 5.03 Å². The first-order chi connectivity index (χ1) is 12.5. The minimum atomic E-state index is -0.507. The maximum atomic E-state index is 12.6. The molecule has 0 aliphatic heterocycles. The summed E-state index contributed by atoms with van der Waals surface area (Å²) in [5, 5.41) is 3.44. The number of aromatic nitrogens is 1. The Labute approximate surface area is 155 Å². The number of pyridine rings is 1. The Kier molecular flexibility index (Phi) is 5.34. The van der Waals surface area contributed by atoms with E-state index in [0.29, 0.717) is 21.8 Å². The van der Waals surface area contributed by atoms with Gasteiger partial charge in [0.25, 0.3) is 5.91 Å². The lowest BCUT2D eigenvalue weighted by atomic mass is 10.2. The molecule has 1 aromatic heterocycles. The summed E-state index contributed by atoms with van der Waals surface area (Å²) in [7, 11) is 0. The van der Waals surface area contributed by atoms with E-state index in [4.69, 9.17) is 5.73 Å². The van der Waals surface area contributed by atoms with Gasteiger partial charge in [-0.3, -0.25) is 9.59 Å². The van der Waals surface area contributed by atoms with Crippen molar-refractivity contribution >= 4 is 29.3 Å². The van der Waals surface area contributed by atoms with Gasteiger partial charge in [-0.05, 0) is 55.5 Å². The van der Waals surface area contributed by atoms with E-state index in [-0.39, 0.29) is 5.91 Å². The molecule has 3 N–H and O–H groups in total. The fourth-order valence-corrected chi connectivity index (χ4v) is 3.16. The highest BCUT2D eigenvalue weighted by Gasteiger charge is 2.14. The van der Waals surface area contributed by atoms with Gasteiger partial charge >= 0.3 is 0 Å². The van der Waals surface area contributed by atoms with Gasteiger partial charge in [-0.2, -0.15) is 0 Å². The van der Waals surface area contributed by atoms with Crippen molar-refractivity contribution in [3.63, 3.8) is 0 Å². The van der Waals surface area contributed by atoms with Crippen molar-refractivity contribution in [2.45, 2.75) is 16.8 Å². The summed E-state index contributed by atoms with van der Waals surface area (Å²) in [5.41, 5.74) is 7.85. The topological polar surface area (TPSA) is 85.1 Å². The lowest BCUT2D eigenvalue weighted by Gasteiger charge is -2.09. The second-order valence-corrected chi connectivity index (χ2v) is 6.73. The summed E-state index contributed by atoms with van der Waals surface area (Å²) in [6.45, 7) is 2.03.